The van der Waals surface area contributed by atoms with Gasteiger partial charge in [-0.25, -0.2) is 0 Å². The molecule has 0 bridgehead atoms. The van der Waals surface area contributed by atoms with Gasteiger partial charge in [0.2, 0.25) is 5.91 Å². The number of carbonyl (C=O) groups excluding carboxylic acids is 2. The molecule has 2 amide bonds. The molecule has 1 saturated carbocycles. The lowest BCUT2D eigenvalue weighted by molar-refractivity contribution is -0.142. The maximum absolute atomic E-state index is 13.0. The summed E-state index contributed by atoms with van der Waals surface area (Å²) >= 11 is 0. The molecule has 1 aliphatic carbocycles. The average Bonchev–Trinajstić information content (AvgIpc) is 3.24. The third-order valence-corrected chi connectivity index (χ3v) is 5.58. The topological polar surface area (TPSA) is 58.6 Å². The molecule has 3 rings (SSSR count). The largest absolute Gasteiger partial charge is 0.484 e. The predicted octanol–water partition coefficient (Wildman–Crippen LogP) is 3.85. The molecule has 2 aromatic rings. The van der Waals surface area contributed by atoms with Crippen LogP contribution in [0.3, 0.4) is 0 Å². The zero-order chi connectivity index (χ0) is 20.6. The Morgan fingerprint density at radius 2 is 1.72 bits per heavy atom. The highest BCUT2D eigenvalue weighted by Gasteiger charge is 2.29. The summed E-state index contributed by atoms with van der Waals surface area (Å²) in [4.78, 5) is 27.5. The Morgan fingerprint density at radius 3 is 2.41 bits per heavy atom. The van der Waals surface area contributed by atoms with Crippen molar-refractivity contribution in [1.29, 1.82) is 0 Å². The van der Waals surface area contributed by atoms with Crippen molar-refractivity contribution in [2.45, 2.75) is 58.2 Å². The van der Waals surface area contributed by atoms with Crippen LogP contribution in [0.1, 0.15) is 43.7 Å². The van der Waals surface area contributed by atoms with Crippen LogP contribution in [0.2, 0.25) is 0 Å². The molecule has 1 aliphatic rings. The van der Waals surface area contributed by atoms with E-state index >= 15 is 0 Å². The van der Waals surface area contributed by atoms with Crippen molar-refractivity contribution in [3.8, 4) is 5.75 Å². The van der Waals surface area contributed by atoms with Crippen LogP contribution in [0.5, 0.6) is 5.75 Å². The summed E-state index contributed by atoms with van der Waals surface area (Å²) in [6.45, 7) is 4.09. The second kappa shape index (κ2) is 10.1. The van der Waals surface area contributed by atoms with Crippen molar-refractivity contribution in [3.63, 3.8) is 0 Å². The van der Waals surface area contributed by atoms with Crippen molar-refractivity contribution in [2.24, 2.45) is 0 Å². The molecule has 0 heterocycles. The van der Waals surface area contributed by atoms with Gasteiger partial charge in [-0.2, -0.15) is 0 Å². The molecule has 5 heteroatoms. The van der Waals surface area contributed by atoms with Crippen LogP contribution in [0.25, 0.3) is 0 Å². The average molecular weight is 395 g/mol. The van der Waals surface area contributed by atoms with E-state index in [4.69, 9.17) is 4.74 Å². The number of ether oxygens (including phenoxy) is 1. The first-order valence-electron chi connectivity index (χ1n) is 10.4. The number of rotatable bonds is 8. The molecular weight excluding hydrogens is 364 g/mol. The van der Waals surface area contributed by atoms with Gasteiger partial charge in [0.15, 0.2) is 6.61 Å². The Morgan fingerprint density at radius 1 is 1.07 bits per heavy atom. The standard InChI is InChI=1S/C24H30N2O3/c1-18-10-6-7-11-20(18)16-26(19(2)24(28)25-21-12-8-9-13-21)23(27)17-29-22-14-4-3-5-15-22/h3-7,10-11,14-15,19,21H,8-9,12-13,16-17H2,1-2H3,(H,25,28)/t19-/m0/s1. The third kappa shape index (κ3) is 5.83. The minimum Gasteiger partial charge on any atom is -0.484 e. The minimum absolute atomic E-state index is 0.0986. The highest BCUT2D eigenvalue weighted by molar-refractivity contribution is 5.88. The van der Waals surface area contributed by atoms with Crippen molar-refractivity contribution in [2.75, 3.05) is 6.61 Å². The molecule has 0 aliphatic heterocycles. The highest BCUT2D eigenvalue weighted by Crippen LogP contribution is 2.19. The molecule has 5 nitrogen and oxygen atoms in total. The first-order chi connectivity index (χ1) is 14.0. The Kier molecular flexibility index (Phi) is 7.28. The molecule has 1 N–H and O–H groups in total. The minimum atomic E-state index is -0.568. The first kappa shape index (κ1) is 20.9. The lowest BCUT2D eigenvalue weighted by Crippen LogP contribution is -2.50. The van der Waals surface area contributed by atoms with Gasteiger partial charge in [-0.1, -0.05) is 55.3 Å². The van der Waals surface area contributed by atoms with Gasteiger partial charge in [0.1, 0.15) is 11.8 Å². The molecule has 2 aromatic carbocycles. The molecule has 0 saturated heterocycles. The van der Waals surface area contributed by atoms with E-state index in [1.54, 1.807) is 11.8 Å². The lowest BCUT2D eigenvalue weighted by atomic mass is 10.1. The molecule has 0 radical (unpaired) electrons. The number of hydrogen-bond acceptors (Lipinski definition) is 3. The van der Waals surface area contributed by atoms with Crippen LogP contribution in [-0.2, 0) is 16.1 Å². The summed E-state index contributed by atoms with van der Waals surface area (Å²) in [5.74, 6) is 0.337. The zero-order valence-corrected chi connectivity index (χ0v) is 17.3. The van der Waals surface area contributed by atoms with Gasteiger partial charge in [0.25, 0.3) is 5.91 Å². The van der Waals surface area contributed by atoms with Crippen molar-refractivity contribution in [3.05, 3.63) is 65.7 Å². The SMILES string of the molecule is Cc1ccccc1CN(C(=O)COc1ccccc1)[C@@H](C)C(=O)NC1CCCC1. The summed E-state index contributed by atoms with van der Waals surface area (Å²) in [6.07, 6.45) is 4.33. The molecule has 154 valence electrons. The fourth-order valence-electron chi connectivity index (χ4n) is 3.69. The van der Waals surface area contributed by atoms with E-state index in [1.807, 2.05) is 61.5 Å². The van der Waals surface area contributed by atoms with Crippen molar-refractivity contribution >= 4 is 11.8 Å². The highest BCUT2D eigenvalue weighted by atomic mass is 16.5. The quantitative estimate of drug-likeness (QED) is 0.740. The Hall–Kier alpha value is -2.82. The van der Waals surface area contributed by atoms with Gasteiger partial charge in [-0.15, -0.1) is 0 Å². The van der Waals surface area contributed by atoms with Crippen LogP contribution in [0.4, 0.5) is 0 Å². The second-order valence-electron chi connectivity index (χ2n) is 7.72. The molecule has 0 aromatic heterocycles. The number of nitrogens with one attached hydrogen (secondary N) is 1. The molecule has 1 fully saturated rings. The summed E-state index contributed by atoms with van der Waals surface area (Å²) in [7, 11) is 0. The molecule has 0 spiro atoms. The van der Waals surface area contributed by atoms with Crippen LogP contribution in [0.15, 0.2) is 54.6 Å². The molecular formula is C24H30N2O3. The van der Waals surface area contributed by atoms with Crippen LogP contribution < -0.4 is 10.1 Å². The number of hydrogen-bond donors (Lipinski definition) is 1. The fraction of sp³-hybridized carbons (Fsp3) is 0.417. The van der Waals surface area contributed by atoms with E-state index in [2.05, 4.69) is 5.32 Å². The maximum Gasteiger partial charge on any atom is 0.261 e. The van der Waals surface area contributed by atoms with Gasteiger partial charge in [0, 0.05) is 12.6 Å². The number of aryl methyl sites for hydroxylation is 1. The normalized spacial score (nSPS) is 15.0. The van der Waals surface area contributed by atoms with E-state index in [-0.39, 0.29) is 24.5 Å². The molecule has 1 atom stereocenters. The number of carbonyl (C=O) groups is 2. The monoisotopic (exact) mass is 394 g/mol. The number of amides is 2. The maximum atomic E-state index is 13.0. The smallest absolute Gasteiger partial charge is 0.261 e. The molecule has 0 unspecified atom stereocenters. The van der Waals surface area contributed by atoms with Crippen LogP contribution >= 0.6 is 0 Å². The summed E-state index contributed by atoms with van der Waals surface area (Å²) < 4.78 is 5.66. The van der Waals surface area contributed by atoms with E-state index in [1.165, 1.54) is 0 Å². The van der Waals surface area contributed by atoms with Crippen molar-refractivity contribution in [1.82, 2.24) is 10.2 Å². The van der Waals surface area contributed by atoms with E-state index in [9.17, 15) is 9.59 Å². The Balaban J connectivity index is 1.71. The first-order valence-corrected chi connectivity index (χ1v) is 10.4. The number of benzene rings is 2. The second-order valence-corrected chi connectivity index (χ2v) is 7.72. The molecule has 29 heavy (non-hydrogen) atoms. The van der Waals surface area contributed by atoms with Gasteiger partial charge in [-0.3, -0.25) is 9.59 Å². The summed E-state index contributed by atoms with van der Waals surface area (Å²) in [5, 5.41) is 3.11. The predicted molar refractivity (Wildman–Crippen MR) is 114 cm³/mol. The fourth-order valence-corrected chi connectivity index (χ4v) is 3.69. The van der Waals surface area contributed by atoms with E-state index in [0.717, 1.165) is 36.8 Å². The lowest BCUT2D eigenvalue weighted by Gasteiger charge is -2.30. The Labute approximate surface area is 173 Å². The number of para-hydroxylation sites is 1. The van der Waals surface area contributed by atoms with Crippen LogP contribution in [0, 0.1) is 6.92 Å². The van der Waals surface area contributed by atoms with Gasteiger partial charge < -0.3 is 15.0 Å². The van der Waals surface area contributed by atoms with Gasteiger partial charge >= 0.3 is 0 Å². The summed E-state index contributed by atoms with van der Waals surface area (Å²) in [5.41, 5.74) is 2.12. The van der Waals surface area contributed by atoms with Gasteiger partial charge in [0.05, 0.1) is 0 Å². The van der Waals surface area contributed by atoms with E-state index < -0.39 is 6.04 Å². The summed E-state index contributed by atoms with van der Waals surface area (Å²) in [6, 6.07) is 16.8. The zero-order valence-electron chi connectivity index (χ0n) is 17.3. The van der Waals surface area contributed by atoms with Crippen LogP contribution in [-0.4, -0.2) is 35.4 Å². The van der Waals surface area contributed by atoms with Gasteiger partial charge in [-0.05, 0) is 49.9 Å². The number of nitrogens with zero attached hydrogens (tertiary/aromatic N) is 1. The van der Waals surface area contributed by atoms with Crippen molar-refractivity contribution < 1.29 is 14.3 Å². The Bertz CT molecular complexity index is 816. The van der Waals surface area contributed by atoms with E-state index in [0.29, 0.717) is 12.3 Å². The third-order valence-electron chi connectivity index (χ3n) is 5.58.